The second-order valence-electron chi connectivity index (χ2n) is 5.55. The molecule has 2 rings (SSSR count). The van der Waals surface area contributed by atoms with Crippen LogP contribution in [-0.2, 0) is 23.9 Å². The third-order valence-electron chi connectivity index (χ3n) is 3.59. The molecule has 0 fully saturated rings. The molecular weight excluding hydrogens is 318 g/mol. The summed E-state index contributed by atoms with van der Waals surface area (Å²) < 4.78 is 6.82. The zero-order chi connectivity index (χ0) is 17.0. The van der Waals surface area contributed by atoms with Crippen molar-refractivity contribution in [2.45, 2.75) is 18.9 Å². The molecule has 23 heavy (non-hydrogen) atoms. The second kappa shape index (κ2) is 7.02. The van der Waals surface area contributed by atoms with E-state index in [9.17, 15) is 9.90 Å². The Hall–Kier alpha value is -2.05. The molecule has 1 amide bonds. The highest BCUT2D eigenvalue weighted by molar-refractivity contribution is 6.31. The van der Waals surface area contributed by atoms with Crippen molar-refractivity contribution in [2.75, 3.05) is 13.7 Å². The first-order chi connectivity index (χ1) is 10.8. The summed E-state index contributed by atoms with van der Waals surface area (Å²) in [5.41, 5.74) is 0.0555. The van der Waals surface area contributed by atoms with E-state index < -0.39 is 5.60 Å². The van der Waals surface area contributed by atoms with E-state index in [1.54, 1.807) is 49.2 Å². The van der Waals surface area contributed by atoms with E-state index >= 15 is 0 Å². The van der Waals surface area contributed by atoms with Crippen LogP contribution in [0.1, 0.15) is 18.1 Å². The molecule has 124 valence electrons. The predicted molar refractivity (Wildman–Crippen MR) is 87.5 cm³/mol. The van der Waals surface area contributed by atoms with Crippen LogP contribution in [0.2, 0.25) is 5.02 Å². The molecule has 0 unspecified atom stereocenters. The molecule has 1 aromatic carbocycles. The van der Waals surface area contributed by atoms with Gasteiger partial charge in [0.05, 0.1) is 26.3 Å². The molecule has 0 saturated carbocycles. The molecule has 0 aliphatic rings. The zero-order valence-corrected chi connectivity index (χ0v) is 14.1. The largest absolute Gasteiger partial charge is 0.496 e. The van der Waals surface area contributed by atoms with Gasteiger partial charge in [-0.25, -0.2) is 0 Å². The van der Waals surface area contributed by atoms with Crippen molar-refractivity contribution < 1.29 is 14.6 Å². The number of nitrogens with one attached hydrogen (secondary N) is 1. The van der Waals surface area contributed by atoms with Gasteiger partial charge in [0, 0.05) is 29.4 Å². The summed E-state index contributed by atoms with van der Waals surface area (Å²) in [5.74, 6) is 0.312. The van der Waals surface area contributed by atoms with Crippen molar-refractivity contribution in [3.8, 4) is 5.75 Å². The topological polar surface area (TPSA) is 76.4 Å². The number of aliphatic hydroxyl groups is 1. The average Bonchev–Trinajstić information content (AvgIpc) is 2.95. The van der Waals surface area contributed by atoms with Gasteiger partial charge in [-0.05, 0) is 19.1 Å². The van der Waals surface area contributed by atoms with E-state index in [1.807, 2.05) is 0 Å². The molecule has 2 N–H and O–H groups in total. The second-order valence-corrected chi connectivity index (χ2v) is 5.96. The molecule has 6 nitrogen and oxygen atoms in total. The Morgan fingerprint density at radius 2 is 2.26 bits per heavy atom. The molecule has 0 saturated heterocycles. The van der Waals surface area contributed by atoms with Crippen LogP contribution in [0.3, 0.4) is 0 Å². The zero-order valence-electron chi connectivity index (χ0n) is 13.3. The maximum Gasteiger partial charge on any atom is 0.224 e. The minimum atomic E-state index is -1.20. The van der Waals surface area contributed by atoms with Crippen molar-refractivity contribution in [1.82, 2.24) is 15.1 Å². The molecular formula is C16H20ClN3O3. The number of carbonyl (C=O) groups excluding carboxylic acids is 1. The lowest BCUT2D eigenvalue weighted by atomic mass is 9.99. The fourth-order valence-electron chi connectivity index (χ4n) is 2.20. The Labute approximate surface area is 140 Å². The highest BCUT2D eigenvalue weighted by Gasteiger charge is 2.25. The number of aryl methyl sites for hydroxylation is 1. The number of amides is 1. The lowest BCUT2D eigenvalue weighted by molar-refractivity contribution is -0.121. The van der Waals surface area contributed by atoms with Crippen molar-refractivity contribution >= 4 is 17.5 Å². The number of ether oxygens (including phenoxy) is 1. The number of methoxy groups -OCH3 is 1. The van der Waals surface area contributed by atoms with Gasteiger partial charge in [-0.1, -0.05) is 17.7 Å². The van der Waals surface area contributed by atoms with Crippen LogP contribution in [-0.4, -0.2) is 34.4 Å². The highest BCUT2D eigenvalue weighted by atomic mass is 35.5. The fraction of sp³-hybridized carbons (Fsp3) is 0.375. The number of aromatic nitrogens is 2. The molecule has 1 aromatic heterocycles. The molecule has 0 spiro atoms. The summed E-state index contributed by atoms with van der Waals surface area (Å²) in [6.45, 7) is 1.70. The Morgan fingerprint density at radius 3 is 2.87 bits per heavy atom. The Balaban J connectivity index is 2.01. The molecule has 0 radical (unpaired) electrons. The van der Waals surface area contributed by atoms with Crippen molar-refractivity contribution in [1.29, 1.82) is 0 Å². The lowest BCUT2D eigenvalue weighted by Crippen LogP contribution is -2.39. The molecule has 1 atom stereocenters. The minimum Gasteiger partial charge on any atom is -0.496 e. The summed E-state index contributed by atoms with van der Waals surface area (Å²) in [6, 6.07) is 5.22. The van der Waals surface area contributed by atoms with E-state index in [2.05, 4.69) is 10.4 Å². The number of halogens is 1. The quantitative estimate of drug-likeness (QED) is 0.840. The number of rotatable bonds is 6. The van der Waals surface area contributed by atoms with Crippen LogP contribution in [0.4, 0.5) is 0 Å². The summed E-state index contributed by atoms with van der Waals surface area (Å²) in [4.78, 5) is 12.2. The number of carbonyl (C=O) groups is 1. The Morgan fingerprint density at radius 1 is 1.52 bits per heavy atom. The van der Waals surface area contributed by atoms with Crippen LogP contribution < -0.4 is 10.1 Å². The van der Waals surface area contributed by atoms with Gasteiger partial charge in [0.15, 0.2) is 0 Å². The number of hydrogen-bond acceptors (Lipinski definition) is 4. The third kappa shape index (κ3) is 4.24. The smallest absolute Gasteiger partial charge is 0.224 e. The number of benzene rings is 1. The SMILES string of the molecule is COc1cccc(Cl)c1CC(=O)NC[C@@](C)(O)c1cnn(C)c1. The predicted octanol–water partition coefficient (Wildman–Crippen LogP) is 1.65. The van der Waals surface area contributed by atoms with Gasteiger partial charge in [0.2, 0.25) is 5.91 Å². The molecule has 0 aliphatic carbocycles. The fourth-order valence-corrected chi connectivity index (χ4v) is 2.43. The first kappa shape index (κ1) is 17.3. The Bertz CT molecular complexity index is 698. The van der Waals surface area contributed by atoms with Crippen molar-refractivity contribution in [3.05, 3.63) is 46.7 Å². The first-order valence-corrected chi connectivity index (χ1v) is 7.51. The van der Waals surface area contributed by atoms with Gasteiger partial charge in [-0.2, -0.15) is 5.10 Å². The molecule has 1 heterocycles. The Kier molecular flexibility index (Phi) is 5.28. The van der Waals surface area contributed by atoms with E-state index in [0.29, 0.717) is 21.9 Å². The van der Waals surface area contributed by atoms with E-state index in [4.69, 9.17) is 16.3 Å². The van der Waals surface area contributed by atoms with Crippen molar-refractivity contribution in [2.24, 2.45) is 7.05 Å². The monoisotopic (exact) mass is 337 g/mol. The summed E-state index contributed by atoms with van der Waals surface area (Å²) >= 11 is 6.12. The molecule has 2 aromatic rings. The van der Waals surface area contributed by atoms with Gasteiger partial charge >= 0.3 is 0 Å². The first-order valence-electron chi connectivity index (χ1n) is 7.13. The highest BCUT2D eigenvalue weighted by Crippen LogP contribution is 2.26. The van der Waals surface area contributed by atoms with Gasteiger partial charge < -0.3 is 15.2 Å². The van der Waals surface area contributed by atoms with Crippen LogP contribution in [0, 0.1) is 0 Å². The lowest BCUT2D eigenvalue weighted by Gasteiger charge is -2.22. The standard InChI is InChI=1S/C16H20ClN3O3/c1-16(22,11-8-19-20(2)9-11)10-18-15(21)7-12-13(17)5-4-6-14(12)23-3/h4-6,8-9,22H,7,10H2,1-3H3,(H,18,21)/t16-/m1/s1. The van der Waals surface area contributed by atoms with Crippen LogP contribution in [0.25, 0.3) is 0 Å². The summed E-state index contributed by atoms with van der Waals surface area (Å²) in [6.07, 6.45) is 3.36. The molecule has 0 bridgehead atoms. The normalized spacial score (nSPS) is 13.4. The maximum absolute atomic E-state index is 12.2. The summed E-state index contributed by atoms with van der Waals surface area (Å²) in [7, 11) is 3.29. The van der Waals surface area contributed by atoms with Crippen LogP contribution >= 0.6 is 11.6 Å². The van der Waals surface area contributed by atoms with Gasteiger partial charge in [0.25, 0.3) is 0 Å². The summed E-state index contributed by atoms with van der Waals surface area (Å²) in [5, 5.41) is 17.7. The van der Waals surface area contributed by atoms with Crippen molar-refractivity contribution in [3.63, 3.8) is 0 Å². The number of hydrogen-bond donors (Lipinski definition) is 2. The number of nitrogens with zero attached hydrogens (tertiary/aromatic N) is 2. The van der Waals surface area contributed by atoms with E-state index in [0.717, 1.165) is 0 Å². The van der Waals surface area contributed by atoms with E-state index in [1.165, 1.54) is 7.11 Å². The van der Waals surface area contributed by atoms with Gasteiger partial charge in [-0.3, -0.25) is 9.48 Å². The average molecular weight is 338 g/mol. The van der Waals surface area contributed by atoms with Gasteiger partial charge in [-0.15, -0.1) is 0 Å². The maximum atomic E-state index is 12.2. The minimum absolute atomic E-state index is 0.0737. The molecule has 7 heteroatoms. The van der Waals surface area contributed by atoms with Crippen LogP contribution in [0.5, 0.6) is 5.75 Å². The third-order valence-corrected chi connectivity index (χ3v) is 3.94. The van der Waals surface area contributed by atoms with Crippen LogP contribution in [0.15, 0.2) is 30.6 Å². The van der Waals surface area contributed by atoms with Gasteiger partial charge in [0.1, 0.15) is 11.4 Å². The molecule has 0 aliphatic heterocycles. The van der Waals surface area contributed by atoms with E-state index in [-0.39, 0.29) is 18.9 Å².